The number of sulfonamides is 1. The largest absolute Gasteiger partial charge is 0.497 e. The molecule has 2 saturated carbocycles. The van der Waals surface area contributed by atoms with Gasteiger partial charge in [-0.25, -0.2) is 28.1 Å². The Morgan fingerprint density at radius 3 is 2.44 bits per heavy atom. The molecule has 1 spiro atoms. The molecular formula is C57H67N11O8S. The van der Waals surface area contributed by atoms with Crippen molar-refractivity contribution in [3.63, 3.8) is 0 Å². The minimum Gasteiger partial charge on any atom is -0.497 e. The van der Waals surface area contributed by atoms with Crippen LogP contribution in [-0.4, -0.2) is 117 Å². The highest BCUT2D eigenvalue weighted by Gasteiger charge is 2.50. The number of piperidine rings is 1. The van der Waals surface area contributed by atoms with Crippen LogP contribution in [-0.2, 0) is 16.6 Å². The number of nitrogens with one attached hydrogen (secondary N) is 4. The number of aromatic amines is 2. The van der Waals surface area contributed by atoms with E-state index in [1.807, 2.05) is 18.2 Å². The second-order valence-electron chi connectivity index (χ2n) is 22.3. The van der Waals surface area contributed by atoms with E-state index >= 15 is 0 Å². The molecule has 0 bridgehead atoms. The second-order valence-corrected chi connectivity index (χ2v) is 24.0. The Hall–Kier alpha value is -7.13. The molecule has 2 saturated heterocycles. The molecule has 4 aromatic heterocycles. The molecule has 20 heteroatoms. The Balaban J connectivity index is 0.804. The van der Waals surface area contributed by atoms with E-state index in [0.717, 1.165) is 95.0 Å². The van der Waals surface area contributed by atoms with Crippen LogP contribution >= 0.6 is 0 Å². The number of carbonyl (C=O) groups is 1. The van der Waals surface area contributed by atoms with E-state index < -0.39 is 37.0 Å². The third-order valence-electron chi connectivity index (χ3n) is 16.8. The highest BCUT2D eigenvalue weighted by Crippen LogP contribution is 2.53. The Morgan fingerprint density at radius 2 is 1.70 bits per heavy atom. The number of nitrogens with zero attached hydrogens (tertiary/aromatic N) is 7. The van der Waals surface area contributed by atoms with E-state index in [4.69, 9.17) is 14.5 Å². The highest BCUT2D eigenvalue weighted by atomic mass is 32.2. The van der Waals surface area contributed by atoms with Crippen LogP contribution in [0.4, 0.5) is 17.2 Å². The van der Waals surface area contributed by atoms with Gasteiger partial charge in [-0.05, 0) is 116 Å². The molecule has 4 fully saturated rings. The number of anilines is 2. The Labute approximate surface area is 448 Å². The lowest BCUT2D eigenvalue weighted by atomic mass is 9.59. The molecule has 77 heavy (non-hydrogen) atoms. The monoisotopic (exact) mass is 1070 g/mol. The van der Waals surface area contributed by atoms with Gasteiger partial charge in [-0.2, -0.15) is 0 Å². The summed E-state index contributed by atoms with van der Waals surface area (Å²) in [4.78, 5) is 52.6. The summed E-state index contributed by atoms with van der Waals surface area (Å²) < 4.78 is 42.5. The van der Waals surface area contributed by atoms with Crippen molar-refractivity contribution in [1.29, 1.82) is 0 Å². The van der Waals surface area contributed by atoms with Gasteiger partial charge in [-0.1, -0.05) is 50.2 Å². The fraction of sp³-hybridized carbons (Fsp3) is 0.439. The minimum atomic E-state index is -4.79. The fourth-order valence-corrected chi connectivity index (χ4v) is 13.5. The van der Waals surface area contributed by atoms with Crippen LogP contribution in [0.5, 0.6) is 17.2 Å². The predicted octanol–water partition coefficient (Wildman–Crippen LogP) is 9.45. The van der Waals surface area contributed by atoms with E-state index in [-0.39, 0.29) is 45.4 Å². The van der Waals surface area contributed by atoms with Gasteiger partial charge in [0.2, 0.25) is 0 Å². The Bertz CT molecular complexity index is 3410. The maximum absolute atomic E-state index is 14.3. The quantitative estimate of drug-likeness (QED) is 0.0448. The van der Waals surface area contributed by atoms with Crippen molar-refractivity contribution in [2.45, 2.75) is 107 Å². The first-order chi connectivity index (χ1) is 37.0. The van der Waals surface area contributed by atoms with Crippen molar-refractivity contribution in [2.24, 2.45) is 11.3 Å². The third-order valence-corrected chi connectivity index (χ3v) is 18.2. The van der Waals surface area contributed by atoms with Crippen LogP contribution < -0.4 is 24.4 Å². The number of ether oxygens (including phenoxy) is 2. The third kappa shape index (κ3) is 10.8. The lowest BCUT2D eigenvalue weighted by Gasteiger charge is -2.58. The molecule has 2 aliphatic carbocycles. The zero-order valence-electron chi connectivity index (χ0n) is 44.0. The summed E-state index contributed by atoms with van der Waals surface area (Å²) in [6.45, 7) is 12.0. The molecule has 6 heterocycles. The first-order valence-corrected chi connectivity index (χ1v) is 28.3. The van der Waals surface area contributed by atoms with Crippen LogP contribution in [0.3, 0.4) is 0 Å². The van der Waals surface area contributed by atoms with E-state index in [9.17, 15) is 28.4 Å². The summed E-state index contributed by atoms with van der Waals surface area (Å²) >= 11 is 0. The van der Waals surface area contributed by atoms with Gasteiger partial charge in [0.25, 0.3) is 21.6 Å². The molecule has 2 aliphatic heterocycles. The van der Waals surface area contributed by atoms with E-state index in [2.05, 4.69) is 94.9 Å². The number of aliphatic hydroxyl groups is 1. The molecule has 1 atom stereocenters. The summed E-state index contributed by atoms with van der Waals surface area (Å²) in [6.07, 6.45) is 12.6. The fourth-order valence-electron chi connectivity index (χ4n) is 12.4. The number of pyridine rings is 2. The van der Waals surface area contributed by atoms with Crippen LogP contribution in [0.1, 0.15) is 111 Å². The normalized spacial score (nSPS) is 21.4. The summed E-state index contributed by atoms with van der Waals surface area (Å²) in [7, 11) is -3.10. The van der Waals surface area contributed by atoms with Crippen molar-refractivity contribution >= 4 is 55.2 Å². The summed E-state index contributed by atoms with van der Waals surface area (Å²) in [5.41, 5.74) is 3.62. The summed E-state index contributed by atoms with van der Waals surface area (Å²) in [6, 6.07) is 24.3. The Morgan fingerprint density at radius 1 is 0.935 bits per heavy atom. The van der Waals surface area contributed by atoms with Crippen molar-refractivity contribution < 1.29 is 32.7 Å². The maximum Gasteiger partial charge on any atom is 0.296 e. The molecule has 4 aliphatic rings. The van der Waals surface area contributed by atoms with Crippen LogP contribution in [0.25, 0.3) is 22.1 Å². The molecule has 11 rings (SSSR count). The molecule has 19 nitrogen and oxygen atoms in total. The summed E-state index contributed by atoms with van der Waals surface area (Å²) in [5.74, 6) is 1.30. The molecule has 0 unspecified atom stereocenters. The molecule has 3 aromatic carbocycles. The van der Waals surface area contributed by atoms with Crippen molar-refractivity contribution in [1.82, 2.24) is 39.4 Å². The Kier molecular flexibility index (Phi) is 14.2. The number of rotatable bonds is 16. The van der Waals surface area contributed by atoms with Gasteiger partial charge in [0.15, 0.2) is 0 Å². The first-order valence-electron chi connectivity index (χ1n) is 26.8. The lowest BCUT2D eigenvalue weighted by Crippen LogP contribution is -2.60. The molecule has 5 N–H and O–H groups in total. The number of piperazine rings is 1. The zero-order valence-corrected chi connectivity index (χ0v) is 44.8. The number of hydrogen-bond donors (Lipinski definition) is 5. The molecular weight excluding hydrogens is 999 g/mol. The molecule has 404 valence electrons. The smallest absolute Gasteiger partial charge is 0.296 e. The van der Waals surface area contributed by atoms with E-state index in [0.29, 0.717) is 48.6 Å². The average Bonchev–Trinajstić information content (AvgIpc) is 4.19. The average molecular weight is 1070 g/mol. The molecule has 0 radical (unpaired) electrons. The SMILES string of the molecule is COc1ccc(CN2CCN(C3CC4(CCN(c5cc(Oc6cnc7[nH]ccc7c6)c(C(=O)NS(=O)(=O)c6cc([N+](=O)[O-])c(NC[C@H]7CC[C@](C)(O)CC7)c7[nH]cnc67)cn5)CC4)C3)[C@H](c3ccccc3C(C)C)C2)cc1. The van der Waals surface area contributed by atoms with Gasteiger partial charge >= 0.3 is 0 Å². The highest BCUT2D eigenvalue weighted by molar-refractivity contribution is 7.90. The van der Waals surface area contributed by atoms with Gasteiger partial charge in [-0.15, -0.1) is 0 Å². The predicted molar refractivity (Wildman–Crippen MR) is 294 cm³/mol. The number of carbonyl (C=O) groups excluding carboxylic acids is 1. The van der Waals surface area contributed by atoms with Crippen LogP contribution in [0.15, 0.2) is 103 Å². The number of hydrogen-bond acceptors (Lipinski definition) is 15. The lowest BCUT2D eigenvalue weighted by molar-refractivity contribution is -0.384. The molecule has 7 aromatic rings. The molecule has 1 amide bonds. The number of methoxy groups -OCH3 is 1. The van der Waals surface area contributed by atoms with Gasteiger partial charge in [0.05, 0.1) is 35.7 Å². The number of nitro benzene ring substituents is 1. The van der Waals surface area contributed by atoms with Crippen molar-refractivity contribution in [2.75, 3.05) is 56.6 Å². The van der Waals surface area contributed by atoms with Crippen molar-refractivity contribution in [3.8, 4) is 17.2 Å². The number of H-pyrrole nitrogens is 2. The van der Waals surface area contributed by atoms with Crippen LogP contribution in [0, 0.1) is 21.4 Å². The summed E-state index contributed by atoms with van der Waals surface area (Å²) in [5, 5.41) is 26.9. The van der Waals surface area contributed by atoms with E-state index in [1.165, 1.54) is 35.4 Å². The van der Waals surface area contributed by atoms with Crippen molar-refractivity contribution in [3.05, 3.63) is 130 Å². The van der Waals surface area contributed by atoms with Gasteiger partial charge in [-0.3, -0.25) is 24.7 Å². The first kappa shape index (κ1) is 51.9. The number of nitro groups is 1. The number of imidazole rings is 1. The van der Waals surface area contributed by atoms with Crippen LogP contribution in [0.2, 0.25) is 0 Å². The minimum absolute atomic E-state index is 0.0573. The van der Waals surface area contributed by atoms with Gasteiger partial charge < -0.3 is 34.8 Å². The standard InChI is InChI=1S/C57H67N11O8S/c1-36(2)43-7-5-6-8-44(43)47-34-65(33-38-9-11-41(75-4)12-10-38)23-24-67(47)40-28-57(29-40)18-21-66(22-19-57)50-27-48(76-42-25-39-15-20-58-54(39)61-31-42)45(32-59-50)55(69)64-77(73,74)49-26-46(68(71)72)51(53-52(49)62-35-63-53)60-30-37-13-16-56(3,70)17-14-37/h5-12,15,20,25-27,31-32,35-37,40,47,60,70H,13-14,16-19,21-24,28-30,33-34H2,1-4H3,(H,58,61)(H,62,63)(H,64,69)/t37-,47-,56-/m0/s1. The van der Waals surface area contributed by atoms with Gasteiger partial charge in [0, 0.05) is 87.8 Å². The second kappa shape index (κ2) is 21.0. The number of fused-ring (bicyclic) bond motifs is 2. The number of aromatic nitrogens is 5. The zero-order chi connectivity index (χ0) is 53.6. The van der Waals surface area contributed by atoms with Gasteiger partial charge in [0.1, 0.15) is 50.4 Å². The topological polar surface area (TPSA) is 237 Å². The van der Waals surface area contributed by atoms with E-state index in [1.54, 1.807) is 32.4 Å². The number of benzene rings is 3. The number of amides is 1. The maximum atomic E-state index is 14.3.